The molecule has 2 N–H and O–H groups in total. The molecule has 1 atom stereocenters. The molecule has 1 aliphatic rings. The number of nitrogens with two attached hydrogens (primary N) is 1. The van der Waals surface area contributed by atoms with Crippen LogP contribution in [0.4, 0.5) is 0 Å². The van der Waals surface area contributed by atoms with E-state index in [1.54, 1.807) is 0 Å². The van der Waals surface area contributed by atoms with Crippen LogP contribution in [0.3, 0.4) is 0 Å². The first-order chi connectivity index (χ1) is 11.6. The predicted molar refractivity (Wildman–Crippen MR) is 97.9 cm³/mol. The molecule has 124 valence electrons. The highest BCUT2D eigenvalue weighted by Gasteiger charge is 2.23. The maximum Gasteiger partial charge on any atom is 0.0486 e. The standard InChI is InChI=1S/C20H24N4/c1-14-3-4-19-17(11-14)16-7-10-23(2)13-20(16)24(19)12-18(21)15-5-8-22-9-6-15/h3-6,8-9,11,18H,7,10,12-13,21H2,1-2H3. The van der Waals surface area contributed by atoms with E-state index in [4.69, 9.17) is 5.73 Å². The first-order valence-electron chi connectivity index (χ1n) is 8.58. The van der Waals surface area contributed by atoms with Gasteiger partial charge < -0.3 is 15.2 Å². The normalized spacial score (nSPS) is 16.3. The molecule has 1 aromatic carbocycles. The number of nitrogens with zero attached hydrogens (tertiary/aromatic N) is 3. The summed E-state index contributed by atoms with van der Waals surface area (Å²) in [5.41, 5.74) is 13.2. The maximum atomic E-state index is 6.51. The van der Waals surface area contributed by atoms with E-state index in [0.717, 1.165) is 31.6 Å². The van der Waals surface area contributed by atoms with E-state index in [0.29, 0.717) is 0 Å². The minimum atomic E-state index is -0.0266. The molecule has 0 saturated carbocycles. The highest BCUT2D eigenvalue weighted by molar-refractivity contribution is 5.86. The number of rotatable bonds is 3. The van der Waals surface area contributed by atoms with Crippen molar-refractivity contribution in [3.63, 3.8) is 0 Å². The number of hydrogen-bond donors (Lipinski definition) is 1. The highest BCUT2D eigenvalue weighted by Crippen LogP contribution is 2.32. The number of pyridine rings is 1. The summed E-state index contributed by atoms with van der Waals surface area (Å²) in [4.78, 5) is 6.49. The highest BCUT2D eigenvalue weighted by atomic mass is 15.1. The molecule has 24 heavy (non-hydrogen) atoms. The summed E-state index contributed by atoms with van der Waals surface area (Å²) in [5, 5.41) is 1.40. The maximum absolute atomic E-state index is 6.51. The van der Waals surface area contributed by atoms with Gasteiger partial charge in [-0.3, -0.25) is 4.98 Å². The second-order valence-corrected chi connectivity index (χ2v) is 6.93. The van der Waals surface area contributed by atoms with Crippen LogP contribution in [0.15, 0.2) is 42.7 Å². The zero-order chi connectivity index (χ0) is 16.7. The number of fused-ring (bicyclic) bond motifs is 3. The van der Waals surface area contributed by atoms with E-state index in [2.05, 4.69) is 46.6 Å². The summed E-state index contributed by atoms with van der Waals surface area (Å²) in [5.74, 6) is 0. The Morgan fingerprint density at radius 2 is 2.00 bits per heavy atom. The van der Waals surface area contributed by atoms with Crippen LogP contribution in [0.5, 0.6) is 0 Å². The van der Waals surface area contributed by atoms with Crippen molar-refractivity contribution >= 4 is 10.9 Å². The number of benzene rings is 1. The monoisotopic (exact) mass is 320 g/mol. The Morgan fingerprint density at radius 3 is 2.79 bits per heavy atom. The van der Waals surface area contributed by atoms with Crippen LogP contribution in [0.25, 0.3) is 10.9 Å². The van der Waals surface area contributed by atoms with Gasteiger partial charge in [-0.2, -0.15) is 0 Å². The van der Waals surface area contributed by atoms with Gasteiger partial charge in [-0.15, -0.1) is 0 Å². The van der Waals surface area contributed by atoms with E-state index in [1.165, 1.54) is 27.7 Å². The fourth-order valence-corrected chi connectivity index (χ4v) is 3.81. The summed E-state index contributed by atoms with van der Waals surface area (Å²) >= 11 is 0. The van der Waals surface area contributed by atoms with Gasteiger partial charge in [0.25, 0.3) is 0 Å². The molecule has 3 aromatic rings. The van der Waals surface area contributed by atoms with Gasteiger partial charge in [0.1, 0.15) is 0 Å². The van der Waals surface area contributed by atoms with Crippen molar-refractivity contribution in [3.05, 3.63) is 65.1 Å². The lowest BCUT2D eigenvalue weighted by atomic mass is 10.0. The first-order valence-corrected chi connectivity index (χ1v) is 8.58. The SMILES string of the molecule is Cc1ccc2c(c1)c1c(n2CC(N)c2ccncc2)CN(C)CC1. The topological polar surface area (TPSA) is 47.1 Å². The first kappa shape index (κ1) is 15.4. The molecule has 4 nitrogen and oxygen atoms in total. The van der Waals surface area contributed by atoms with E-state index in [-0.39, 0.29) is 6.04 Å². The summed E-state index contributed by atoms with van der Waals surface area (Å²) in [6, 6.07) is 10.8. The van der Waals surface area contributed by atoms with Gasteiger partial charge in [0.05, 0.1) is 0 Å². The molecule has 3 heterocycles. The van der Waals surface area contributed by atoms with Gasteiger partial charge >= 0.3 is 0 Å². The minimum Gasteiger partial charge on any atom is -0.341 e. The lowest BCUT2D eigenvalue weighted by Crippen LogP contribution is -2.29. The van der Waals surface area contributed by atoms with Crippen LogP contribution in [0.1, 0.15) is 28.4 Å². The van der Waals surface area contributed by atoms with Crippen molar-refractivity contribution in [1.82, 2.24) is 14.5 Å². The number of likely N-dealkylation sites (N-methyl/N-ethyl adjacent to an activating group) is 1. The van der Waals surface area contributed by atoms with Crippen molar-refractivity contribution < 1.29 is 0 Å². The Balaban J connectivity index is 1.81. The van der Waals surface area contributed by atoms with Crippen LogP contribution in [-0.4, -0.2) is 28.0 Å². The zero-order valence-corrected chi connectivity index (χ0v) is 14.4. The summed E-state index contributed by atoms with van der Waals surface area (Å²) < 4.78 is 2.44. The van der Waals surface area contributed by atoms with Gasteiger partial charge in [0.2, 0.25) is 0 Å². The van der Waals surface area contributed by atoms with Gasteiger partial charge in [-0.1, -0.05) is 11.6 Å². The van der Waals surface area contributed by atoms with E-state index < -0.39 is 0 Å². The average Bonchev–Trinajstić information content (AvgIpc) is 2.88. The van der Waals surface area contributed by atoms with Crippen LogP contribution in [0, 0.1) is 6.92 Å². The molecule has 0 radical (unpaired) electrons. The molecular weight excluding hydrogens is 296 g/mol. The molecule has 0 bridgehead atoms. The molecule has 0 amide bonds. The molecule has 1 unspecified atom stereocenters. The molecule has 2 aromatic heterocycles. The molecule has 0 saturated heterocycles. The Bertz CT molecular complexity index is 866. The molecule has 4 heteroatoms. The Kier molecular flexibility index (Phi) is 3.87. The average molecular weight is 320 g/mol. The van der Waals surface area contributed by atoms with E-state index >= 15 is 0 Å². The molecule has 0 fully saturated rings. The molecule has 4 rings (SSSR count). The summed E-state index contributed by atoms with van der Waals surface area (Å²) in [7, 11) is 2.19. The van der Waals surface area contributed by atoms with Crippen molar-refractivity contribution in [3.8, 4) is 0 Å². The van der Waals surface area contributed by atoms with Gasteiger partial charge in [-0.25, -0.2) is 0 Å². The molecule has 1 aliphatic heterocycles. The van der Waals surface area contributed by atoms with Gasteiger partial charge in [0.15, 0.2) is 0 Å². The largest absolute Gasteiger partial charge is 0.341 e. The molecule has 0 spiro atoms. The summed E-state index contributed by atoms with van der Waals surface area (Å²) in [6.45, 7) is 5.08. The Labute approximate surface area is 142 Å². The summed E-state index contributed by atoms with van der Waals surface area (Å²) in [6.07, 6.45) is 4.74. The lowest BCUT2D eigenvalue weighted by Gasteiger charge is -2.25. The zero-order valence-electron chi connectivity index (χ0n) is 14.4. The van der Waals surface area contributed by atoms with Crippen molar-refractivity contribution in [2.75, 3.05) is 13.6 Å². The third-order valence-corrected chi connectivity index (χ3v) is 5.12. The third kappa shape index (κ3) is 2.62. The van der Waals surface area contributed by atoms with Crippen LogP contribution >= 0.6 is 0 Å². The van der Waals surface area contributed by atoms with Gasteiger partial charge in [-0.05, 0) is 55.8 Å². The Hall–Kier alpha value is -2.17. The second kappa shape index (κ2) is 6.04. The van der Waals surface area contributed by atoms with Crippen LogP contribution in [-0.2, 0) is 19.5 Å². The van der Waals surface area contributed by atoms with Crippen molar-refractivity contribution in [1.29, 1.82) is 0 Å². The third-order valence-electron chi connectivity index (χ3n) is 5.12. The molecular formula is C20H24N4. The number of hydrogen-bond acceptors (Lipinski definition) is 3. The van der Waals surface area contributed by atoms with Crippen molar-refractivity contribution in [2.45, 2.75) is 32.5 Å². The lowest BCUT2D eigenvalue weighted by molar-refractivity contribution is 0.302. The van der Waals surface area contributed by atoms with E-state index in [9.17, 15) is 0 Å². The predicted octanol–water partition coefficient (Wildman–Crippen LogP) is 3.03. The van der Waals surface area contributed by atoms with Gasteiger partial charge in [0, 0.05) is 54.7 Å². The quantitative estimate of drug-likeness (QED) is 0.807. The fourth-order valence-electron chi connectivity index (χ4n) is 3.81. The fraction of sp³-hybridized carbons (Fsp3) is 0.350. The smallest absolute Gasteiger partial charge is 0.0486 e. The van der Waals surface area contributed by atoms with Crippen LogP contribution < -0.4 is 5.73 Å². The second-order valence-electron chi connectivity index (χ2n) is 6.93. The van der Waals surface area contributed by atoms with Crippen LogP contribution in [0.2, 0.25) is 0 Å². The Morgan fingerprint density at radius 1 is 1.21 bits per heavy atom. The van der Waals surface area contributed by atoms with Crippen molar-refractivity contribution in [2.24, 2.45) is 5.73 Å². The number of aryl methyl sites for hydroxylation is 1. The molecule has 0 aliphatic carbocycles. The minimum absolute atomic E-state index is 0.0266. The van der Waals surface area contributed by atoms with E-state index in [1.807, 2.05) is 24.5 Å². The number of aromatic nitrogens is 2.